The number of carbonyl (C=O) groups is 1. The van der Waals surface area contributed by atoms with E-state index in [-0.39, 0.29) is 41.1 Å². The lowest BCUT2D eigenvalue weighted by Crippen LogP contribution is -2.42. The maximum Gasteiger partial charge on any atom is 0.199 e. The van der Waals surface area contributed by atoms with Crippen molar-refractivity contribution in [3.8, 4) is 0 Å². The molecule has 2 heterocycles. The molecule has 0 amide bonds. The summed E-state index contributed by atoms with van der Waals surface area (Å²) in [6.07, 6.45) is 12.8. The predicted molar refractivity (Wildman–Crippen MR) is 185 cm³/mol. The summed E-state index contributed by atoms with van der Waals surface area (Å²) in [6.45, 7) is 8.47. The van der Waals surface area contributed by atoms with Gasteiger partial charge in [-0.1, -0.05) is 27.7 Å². The lowest BCUT2D eigenvalue weighted by atomic mass is 9.78. The van der Waals surface area contributed by atoms with Gasteiger partial charge < -0.3 is 29.2 Å². The Morgan fingerprint density at radius 3 is 2.30 bits per heavy atom. The van der Waals surface area contributed by atoms with Crippen LogP contribution >= 0.6 is 23.5 Å². The van der Waals surface area contributed by atoms with E-state index in [1.54, 1.807) is 6.26 Å². The zero-order valence-corrected chi connectivity index (χ0v) is 29.9. The van der Waals surface area contributed by atoms with Crippen molar-refractivity contribution in [2.75, 3.05) is 0 Å². The molecule has 46 heavy (non-hydrogen) atoms. The van der Waals surface area contributed by atoms with E-state index in [2.05, 4.69) is 26.0 Å². The molecule has 7 nitrogen and oxygen atoms in total. The van der Waals surface area contributed by atoms with E-state index in [0.29, 0.717) is 40.3 Å². The smallest absolute Gasteiger partial charge is 0.199 e. The molecular weight excluding hydrogens is 621 g/mol. The Morgan fingerprint density at radius 1 is 0.978 bits per heavy atom. The highest BCUT2D eigenvalue weighted by molar-refractivity contribution is 8.04. The molecule has 260 valence electrons. The number of ketones is 1. The van der Waals surface area contributed by atoms with Crippen LogP contribution in [-0.2, 0) is 14.3 Å². The molecule has 2 saturated carbocycles. The van der Waals surface area contributed by atoms with Crippen LogP contribution in [0.3, 0.4) is 0 Å². The van der Waals surface area contributed by atoms with Gasteiger partial charge >= 0.3 is 0 Å². The zero-order valence-electron chi connectivity index (χ0n) is 28.3. The Hall–Kier alpha value is -0.970. The molecule has 1 saturated heterocycles. The van der Waals surface area contributed by atoms with Crippen molar-refractivity contribution in [3.05, 3.63) is 36.0 Å². The quantitative estimate of drug-likeness (QED) is 0.169. The van der Waals surface area contributed by atoms with Crippen LogP contribution in [0.4, 0.5) is 0 Å². The first kappa shape index (κ1) is 36.3. The van der Waals surface area contributed by atoms with Gasteiger partial charge in [-0.25, -0.2) is 0 Å². The van der Waals surface area contributed by atoms with Gasteiger partial charge in [0.1, 0.15) is 17.3 Å². The normalized spacial score (nSPS) is 36.4. The summed E-state index contributed by atoms with van der Waals surface area (Å²) in [4.78, 5) is 12.2. The number of hydrogen-bond donors (Lipinski definition) is 3. The molecule has 1 aromatic rings. The third-order valence-electron chi connectivity index (χ3n) is 11.4. The summed E-state index contributed by atoms with van der Waals surface area (Å²) >= 11 is 3.91. The minimum Gasteiger partial charge on any atom is -0.468 e. The van der Waals surface area contributed by atoms with Gasteiger partial charge in [0.05, 0.1) is 29.0 Å². The van der Waals surface area contributed by atoms with E-state index in [0.717, 1.165) is 82.1 Å². The Bertz CT molecular complexity index is 1100. The standard InChI is InChI=1S/C37H58O7S2/c1-5-28(38)24-9-13-26(14-10-24)36(40)43-30-17-18-32(44-37(41)27-15-11-25(12-16-27)29(39)6-2)35(22(30)3)45-23(4)33-19-20-34(46-33)31-8-7-21-42-31/h7-8,18,21-28,30,33-38,40-41H,5-6,9-17,19-20H2,1-4H3. The van der Waals surface area contributed by atoms with Crippen LogP contribution < -0.4 is 0 Å². The average Bonchev–Trinajstić information content (AvgIpc) is 3.80. The van der Waals surface area contributed by atoms with E-state index in [9.17, 15) is 20.1 Å². The maximum atomic E-state index is 12.2. The van der Waals surface area contributed by atoms with E-state index in [1.165, 1.54) is 0 Å². The van der Waals surface area contributed by atoms with E-state index in [1.807, 2.05) is 43.4 Å². The number of Topliss-reactive ketones (excluding diaryl/α,β-unsaturated/α-hetero) is 1. The van der Waals surface area contributed by atoms with Crippen molar-refractivity contribution in [1.82, 2.24) is 0 Å². The minimum absolute atomic E-state index is 0.00712. The minimum atomic E-state index is -0.893. The molecule has 3 aliphatic carbocycles. The molecule has 0 spiro atoms. The summed E-state index contributed by atoms with van der Waals surface area (Å²) in [5, 5.41) is 34.0. The monoisotopic (exact) mass is 678 g/mol. The highest BCUT2D eigenvalue weighted by atomic mass is 32.2. The van der Waals surface area contributed by atoms with Crippen molar-refractivity contribution in [3.63, 3.8) is 0 Å². The molecule has 0 radical (unpaired) electrons. The van der Waals surface area contributed by atoms with Crippen molar-refractivity contribution in [1.29, 1.82) is 0 Å². The molecule has 0 aromatic carbocycles. The molecule has 3 N–H and O–H groups in total. The first-order valence-corrected chi connectivity index (χ1v) is 20.0. The van der Waals surface area contributed by atoms with Gasteiger partial charge in [-0.2, -0.15) is 0 Å². The van der Waals surface area contributed by atoms with Gasteiger partial charge in [0.2, 0.25) is 0 Å². The molecule has 5 rings (SSSR count). The fourth-order valence-corrected chi connectivity index (χ4v) is 11.5. The fourth-order valence-electron chi connectivity index (χ4n) is 8.20. The van der Waals surface area contributed by atoms with Crippen LogP contribution in [0.25, 0.3) is 0 Å². The van der Waals surface area contributed by atoms with Crippen molar-refractivity contribution >= 4 is 29.3 Å². The molecule has 9 heteroatoms. The molecule has 4 aliphatic rings. The first-order valence-electron chi connectivity index (χ1n) is 18.1. The molecule has 1 aliphatic heterocycles. The third-order valence-corrected chi connectivity index (χ3v) is 15.1. The van der Waals surface area contributed by atoms with Gasteiger partial charge in [0.25, 0.3) is 0 Å². The highest BCUT2D eigenvalue weighted by Gasteiger charge is 2.42. The molecule has 9 atom stereocenters. The van der Waals surface area contributed by atoms with Crippen LogP contribution in [0.15, 0.2) is 34.6 Å². The zero-order chi connectivity index (χ0) is 32.8. The number of furan rings is 1. The average molecular weight is 679 g/mol. The van der Waals surface area contributed by atoms with E-state index in [4.69, 9.17) is 13.9 Å². The second-order valence-corrected chi connectivity index (χ2v) is 17.3. The van der Waals surface area contributed by atoms with Crippen molar-refractivity contribution in [2.24, 2.45) is 29.6 Å². The van der Waals surface area contributed by atoms with Gasteiger partial charge in [-0.05, 0) is 101 Å². The fraction of sp³-hybridized carbons (Fsp3) is 0.811. The number of hydrogen-bond acceptors (Lipinski definition) is 9. The topological polar surface area (TPSA) is 109 Å². The summed E-state index contributed by atoms with van der Waals surface area (Å²) in [6, 6.07) is 4.04. The Balaban J connectivity index is 1.23. The third kappa shape index (κ3) is 8.97. The number of aliphatic hydroxyl groups excluding tert-OH is 3. The number of carbonyl (C=O) groups excluding carboxylic acids is 1. The molecule has 1 aromatic heterocycles. The van der Waals surface area contributed by atoms with Gasteiger partial charge in [-0.15, -0.1) is 23.5 Å². The lowest BCUT2D eigenvalue weighted by Gasteiger charge is -2.41. The van der Waals surface area contributed by atoms with Crippen LogP contribution in [-0.4, -0.2) is 61.6 Å². The Kier molecular flexibility index (Phi) is 13.5. The number of aliphatic hydroxyl groups is 3. The summed E-state index contributed by atoms with van der Waals surface area (Å²) in [7, 11) is 0. The number of ether oxygens (including phenoxy) is 2. The summed E-state index contributed by atoms with van der Waals surface area (Å²) < 4.78 is 18.6. The molecule has 9 unspecified atom stereocenters. The van der Waals surface area contributed by atoms with Crippen molar-refractivity contribution in [2.45, 2.75) is 157 Å². The van der Waals surface area contributed by atoms with Gasteiger partial charge in [0.15, 0.2) is 12.6 Å². The van der Waals surface area contributed by atoms with Gasteiger partial charge in [-0.3, -0.25) is 4.79 Å². The summed E-state index contributed by atoms with van der Waals surface area (Å²) in [5.74, 6) is 2.86. The highest BCUT2D eigenvalue weighted by Crippen LogP contribution is 2.50. The molecule has 3 fully saturated rings. The van der Waals surface area contributed by atoms with Gasteiger partial charge in [0, 0.05) is 40.6 Å². The second kappa shape index (κ2) is 17.1. The van der Waals surface area contributed by atoms with Crippen LogP contribution in [0, 0.1) is 29.6 Å². The SMILES string of the molecule is CCC(=O)C1CCC(C(O)OC2=CCC(OC(O)C3CCC(C(O)CC)CC3)C(C)C2SC(C)C2CCC(c3ccco3)S2)CC1. The predicted octanol–water partition coefficient (Wildman–Crippen LogP) is 8.03. The van der Waals surface area contributed by atoms with Crippen molar-refractivity contribution < 1.29 is 34.0 Å². The maximum absolute atomic E-state index is 12.2. The lowest BCUT2D eigenvalue weighted by molar-refractivity contribution is -0.187. The second-order valence-electron chi connectivity index (χ2n) is 14.4. The van der Waals surface area contributed by atoms with Crippen LogP contribution in [0.2, 0.25) is 0 Å². The van der Waals surface area contributed by atoms with E-state index < -0.39 is 12.6 Å². The molecule has 0 bridgehead atoms. The van der Waals surface area contributed by atoms with Crippen LogP contribution in [0.1, 0.15) is 122 Å². The number of thioether (sulfide) groups is 2. The first-order chi connectivity index (χ1) is 22.2. The van der Waals surface area contributed by atoms with Crippen LogP contribution in [0.5, 0.6) is 0 Å². The Morgan fingerprint density at radius 2 is 1.65 bits per heavy atom. The van der Waals surface area contributed by atoms with E-state index >= 15 is 0 Å². The largest absolute Gasteiger partial charge is 0.468 e. The number of rotatable bonds is 14. The summed E-state index contributed by atoms with van der Waals surface area (Å²) in [5.41, 5.74) is 0. The molecular formula is C37H58O7S2. The Labute approximate surface area is 285 Å².